The van der Waals surface area contributed by atoms with Crippen molar-refractivity contribution < 1.29 is 9.50 Å². The molecule has 0 aliphatic carbocycles. The first-order valence-electron chi connectivity index (χ1n) is 5.04. The van der Waals surface area contributed by atoms with Gasteiger partial charge in [0.25, 0.3) is 0 Å². The quantitative estimate of drug-likeness (QED) is 0.809. The number of tetrazole rings is 1. The van der Waals surface area contributed by atoms with Crippen LogP contribution in [-0.2, 0) is 12.3 Å². The molecule has 0 saturated carbocycles. The molecule has 1 aromatic carbocycles. The van der Waals surface area contributed by atoms with Crippen LogP contribution in [-0.4, -0.2) is 31.9 Å². The second kappa shape index (κ2) is 5.74. The second-order valence-electron chi connectivity index (χ2n) is 3.33. The molecule has 0 bridgehead atoms. The molecule has 0 aliphatic heterocycles. The van der Waals surface area contributed by atoms with E-state index in [4.69, 9.17) is 5.11 Å². The highest BCUT2D eigenvalue weighted by Crippen LogP contribution is 2.20. The molecule has 7 heteroatoms. The fraction of sp³-hybridized carbons (Fsp3) is 0.300. The Morgan fingerprint density at radius 2 is 2.29 bits per heavy atom. The number of benzene rings is 1. The van der Waals surface area contributed by atoms with Gasteiger partial charge in [-0.1, -0.05) is 23.9 Å². The van der Waals surface area contributed by atoms with Gasteiger partial charge in [-0.15, -0.1) is 5.10 Å². The first-order chi connectivity index (χ1) is 8.29. The van der Waals surface area contributed by atoms with Gasteiger partial charge in [0.2, 0.25) is 5.16 Å². The van der Waals surface area contributed by atoms with Gasteiger partial charge in [0.05, 0.1) is 13.2 Å². The van der Waals surface area contributed by atoms with Crippen molar-refractivity contribution in [2.45, 2.75) is 17.5 Å². The van der Waals surface area contributed by atoms with Crippen molar-refractivity contribution in [3.8, 4) is 0 Å². The summed E-state index contributed by atoms with van der Waals surface area (Å²) in [5.74, 6) is 0.335. The monoisotopic (exact) mass is 254 g/mol. The first kappa shape index (κ1) is 12.0. The summed E-state index contributed by atoms with van der Waals surface area (Å²) in [5.41, 5.74) is 0.869. The van der Waals surface area contributed by atoms with Gasteiger partial charge in [0.1, 0.15) is 5.82 Å². The van der Waals surface area contributed by atoms with Crippen LogP contribution in [0, 0.1) is 5.82 Å². The van der Waals surface area contributed by atoms with Gasteiger partial charge < -0.3 is 5.11 Å². The summed E-state index contributed by atoms with van der Waals surface area (Å²) in [6.07, 6.45) is 0. The van der Waals surface area contributed by atoms with Crippen LogP contribution in [0.2, 0.25) is 0 Å². The Balaban J connectivity index is 1.99. The molecule has 0 fully saturated rings. The maximum absolute atomic E-state index is 12.9. The Kier molecular flexibility index (Phi) is 4.05. The molecule has 0 unspecified atom stereocenters. The lowest BCUT2D eigenvalue weighted by Gasteiger charge is -2.02. The van der Waals surface area contributed by atoms with E-state index in [0.29, 0.717) is 17.5 Å². The second-order valence-corrected chi connectivity index (χ2v) is 4.27. The molecule has 1 heterocycles. The minimum Gasteiger partial charge on any atom is -0.394 e. The van der Waals surface area contributed by atoms with Gasteiger partial charge in [-0.2, -0.15) is 0 Å². The van der Waals surface area contributed by atoms with Crippen molar-refractivity contribution >= 4 is 11.8 Å². The van der Waals surface area contributed by atoms with Gasteiger partial charge >= 0.3 is 0 Å². The van der Waals surface area contributed by atoms with Crippen LogP contribution in [0.5, 0.6) is 0 Å². The van der Waals surface area contributed by atoms with E-state index in [0.717, 1.165) is 5.56 Å². The zero-order chi connectivity index (χ0) is 12.1. The fourth-order valence-electron chi connectivity index (χ4n) is 1.31. The third-order valence-corrected chi connectivity index (χ3v) is 3.10. The number of nitrogens with zero attached hydrogens (tertiary/aromatic N) is 4. The Morgan fingerprint density at radius 1 is 1.41 bits per heavy atom. The molecule has 0 aliphatic rings. The van der Waals surface area contributed by atoms with E-state index in [1.54, 1.807) is 6.07 Å². The van der Waals surface area contributed by atoms with Gasteiger partial charge in [-0.3, -0.25) is 0 Å². The van der Waals surface area contributed by atoms with Crippen molar-refractivity contribution in [2.24, 2.45) is 0 Å². The minimum atomic E-state index is -0.252. The summed E-state index contributed by atoms with van der Waals surface area (Å²) in [4.78, 5) is 0. The summed E-state index contributed by atoms with van der Waals surface area (Å²) in [7, 11) is 0. The van der Waals surface area contributed by atoms with Crippen LogP contribution in [0.3, 0.4) is 0 Å². The number of hydrogen-bond donors (Lipinski definition) is 1. The molecule has 90 valence electrons. The number of aliphatic hydroxyl groups is 1. The lowest BCUT2D eigenvalue weighted by atomic mass is 10.2. The normalized spacial score (nSPS) is 10.7. The Hall–Kier alpha value is -1.47. The van der Waals surface area contributed by atoms with Crippen LogP contribution in [0.25, 0.3) is 0 Å². The molecule has 0 radical (unpaired) electrons. The molecule has 1 aromatic heterocycles. The third kappa shape index (κ3) is 3.24. The molecule has 0 saturated heterocycles. The number of aliphatic hydroxyl groups excluding tert-OH is 1. The summed E-state index contributed by atoms with van der Waals surface area (Å²) in [6.45, 7) is 0.344. The highest BCUT2D eigenvalue weighted by atomic mass is 32.2. The van der Waals surface area contributed by atoms with Crippen LogP contribution in [0.4, 0.5) is 4.39 Å². The number of aromatic nitrogens is 4. The predicted molar refractivity (Wildman–Crippen MR) is 60.9 cm³/mol. The number of hydrogen-bond acceptors (Lipinski definition) is 5. The molecule has 0 amide bonds. The van der Waals surface area contributed by atoms with Gasteiger partial charge in [-0.05, 0) is 28.1 Å². The number of halogens is 1. The van der Waals surface area contributed by atoms with E-state index in [-0.39, 0.29) is 12.4 Å². The first-order valence-corrected chi connectivity index (χ1v) is 6.02. The van der Waals surface area contributed by atoms with E-state index in [2.05, 4.69) is 15.5 Å². The van der Waals surface area contributed by atoms with E-state index in [1.807, 2.05) is 6.07 Å². The lowest BCUT2D eigenvalue weighted by molar-refractivity contribution is 0.262. The number of rotatable bonds is 5. The summed E-state index contributed by atoms with van der Waals surface area (Å²) < 4.78 is 14.5. The van der Waals surface area contributed by atoms with Gasteiger partial charge in [-0.25, -0.2) is 9.07 Å². The lowest BCUT2D eigenvalue weighted by Crippen LogP contribution is -2.05. The summed E-state index contributed by atoms with van der Waals surface area (Å²) >= 11 is 1.40. The van der Waals surface area contributed by atoms with Crippen molar-refractivity contribution in [1.29, 1.82) is 0 Å². The van der Waals surface area contributed by atoms with Crippen LogP contribution in [0.1, 0.15) is 5.56 Å². The molecular weight excluding hydrogens is 243 g/mol. The highest BCUT2D eigenvalue weighted by Gasteiger charge is 2.06. The Morgan fingerprint density at radius 3 is 3.06 bits per heavy atom. The van der Waals surface area contributed by atoms with Crippen LogP contribution >= 0.6 is 11.8 Å². The zero-order valence-corrected chi connectivity index (χ0v) is 9.77. The maximum Gasteiger partial charge on any atom is 0.209 e. The van der Waals surface area contributed by atoms with E-state index < -0.39 is 0 Å². The molecule has 1 N–H and O–H groups in total. The summed E-state index contributed by atoms with van der Waals surface area (Å²) in [6, 6.07) is 6.40. The average Bonchev–Trinajstić information content (AvgIpc) is 2.75. The molecule has 2 aromatic rings. The van der Waals surface area contributed by atoms with Gasteiger partial charge in [0, 0.05) is 5.75 Å². The molecule has 17 heavy (non-hydrogen) atoms. The highest BCUT2D eigenvalue weighted by molar-refractivity contribution is 7.98. The SMILES string of the molecule is OCCn1nnnc1SCc1cccc(F)c1. The minimum absolute atomic E-state index is 0.0153. The van der Waals surface area contributed by atoms with Crippen molar-refractivity contribution in [3.63, 3.8) is 0 Å². The largest absolute Gasteiger partial charge is 0.394 e. The van der Waals surface area contributed by atoms with E-state index in [9.17, 15) is 4.39 Å². The zero-order valence-electron chi connectivity index (χ0n) is 8.95. The molecular formula is C10H11FN4OS. The molecule has 2 rings (SSSR count). The Bertz CT molecular complexity index is 491. The standard InChI is InChI=1S/C10H11FN4OS/c11-9-3-1-2-8(6-9)7-17-10-12-13-14-15(10)4-5-16/h1-3,6,16H,4-5,7H2. The number of thioether (sulfide) groups is 1. The average molecular weight is 254 g/mol. The van der Waals surface area contributed by atoms with Gasteiger partial charge in [0.15, 0.2) is 0 Å². The smallest absolute Gasteiger partial charge is 0.209 e. The third-order valence-electron chi connectivity index (χ3n) is 2.07. The van der Waals surface area contributed by atoms with Crippen molar-refractivity contribution in [2.75, 3.05) is 6.61 Å². The molecule has 5 nitrogen and oxygen atoms in total. The summed E-state index contributed by atoms with van der Waals surface area (Å²) in [5, 5.41) is 20.5. The van der Waals surface area contributed by atoms with Crippen LogP contribution in [0.15, 0.2) is 29.4 Å². The predicted octanol–water partition coefficient (Wildman–Crippen LogP) is 1.10. The van der Waals surface area contributed by atoms with E-state index in [1.165, 1.54) is 28.6 Å². The molecule has 0 spiro atoms. The van der Waals surface area contributed by atoms with E-state index >= 15 is 0 Å². The fourth-order valence-corrected chi connectivity index (χ4v) is 2.16. The van der Waals surface area contributed by atoms with Crippen molar-refractivity contribution in [1.82, 2.24) is 20.2 Å². The molecule has 0 atom stereocenters. The Labute approximate surface area is 102 Å². The van der Waals surface area contributed by atoms with Crippen molar-refractivity contribution in [3.05, 3.63) is 35.6 Å². The maximum atomic E-state index is 12.9. The van der Waals surface area contributed by atoms with Crippen LogP contribution < -0.4 is 0 Å². The topological polar surface area (TPSA) is 63.8 Å².